The van der Waals surface area contributed by atoms with Crippen molar-refractivity contribution in [1.82, 2.24) is 0 Å². The smallest absolute Gasteiger partial charge is 0.266 e. The van der Waals surface area contributed by atoms with E-state index in [1.807, 2.05) is 12.1 Å². The molecule has 0 amide bonds. The summed E-state index contributed by atoms with van der Waals surface area (Å²) in [5, 5.41) is 0. The van der Waals surface area contributed by atoms with Crippen molar-refractivity contribution in [3.05, 3.63) is 29.8 Å². The summed E-state index contributed by atoms with van der Waals surface area (Å²) >= 11 is 0. The van der Waals surface area contributed by atoms with Crippen molar-refractivity contribution in [1.29, 1.82) is 0 Å². The van der Waals surface area contributed by atoms with Gasteiger partial charge in [0.25, 0.3) is 5.92 Å². The number of rotatable bonds is 2. The van der Waals surface area contributed by atoms with Crippen LogP contribution in [0.3, 0.4) is 0 Å². The van der Waals surface area contributed by atoms with E-state index >= 15 is 0 Å². The summed E-state index contributed by atoms with van der Waals surface area (Å²) in [6.07, 6.45) is 3.22. The third-order valence-corrected chi connectivity index (χ3v) is 4.77. The lowest BCUT2D eigenvalue weighted by Gasteiger charge is -2.19. The molecule has 0 bridgehead atoms. The quantitative estimate of drug-likeness (QED) is 0.800. The fourth-order valence-corrected chi connectivity index (χ4v) is 3.44. The van der Waals surface area contributed by atoms with Gasteiger partial charge in [-0.05, 0) is 24.1 Å². The van der Waals surface area contributed by atoms with Crippen LogP contribution >= 0.6 is 0 Å². The number of anilines is 1. The zero-order valence-electron chi connectivity index (χ0n) is 10.6. The van der Waals surface area contributed by atoms with Gasteiger partial charge in [0.15, 0.2) is 0 Å². The van der Waals surface area contributed by atoms with E-state index in [0.29, 0.717) is 12.5 Å². The van der Waals surface area contributed by atoms with Gasteiger partial charge in [0, 0.05) is 42.7 Å². The first kappa shape index (κ1) is 11.4. The number of halogens is 2. The van der Waals surface area contributed by atoms with Crippen LogP contribution in [0.1, 0.15) is 18.4 Å². The van der Waals surface area contributed by atoms with Gasteiger partial charge in [-0.15, -0.1) is 0 Å². The fourth-order valence-electron chi connectivity index (χ4n) is 3.44. The van der Waals surface area contributed by atoms with Gasteiger partial charge in [0.05, 0.1) is 6.54 Å². The largest absolute Gasteiger partial charge is 0.365 e. The maximum absolute atomic E-state index is 13.2. The van der Waals surface area contributed by atoms with E-state index in [1.165, 1.54) is 12.0 Å². The number of nitrogens with zero attached hydrogens (tertiary/aromatic N) is 2. The average molecular weight is 262 g/mol. The highest BCUT2D eigenvalue weighted by Crippen LogP contribution is 2.56. The molecule has 4 heteroatoms. The van der Waals surface area contributed by atoms with Crippen LogP contribution in [-0.4, -0.2) is 31.8 Å². The molecule has 1 saturated heterocycles. The summed E-state index contributed by atoms with van der Waals surface area (Å²) in [5.41, 5.74) is 2.46. The van der Waals surface area contributed by atoms with Gasteiger partial charge >= 0.3 is 0 Å². The lowest BCUT2D eigenvalue weighted by atomic mass is 9.94. The number of benzene rings is 1. The van der Waals surface area contributed by atoms with E-state index in [2.05, 4.69) is 23.3 Å². The van der Waals surface area contributed by atoms with E-state index in [0.717, 1.165) is 12.2 Å². The summed E-state index contributed by atoms with van der Waals surface area (Å²) in [4.78, 5) is 6.12. The molecule has 1 aliphatic carbocycles. The number of fused-ring (bicyclic) bond motifs is 1. The van der Waals surface area contributed by atoms with E-state index in [9.17, 15) is 8.78 Å². The zero-order valence-corrected chi connectivity index (χ0v) is 10.6. The molecular formula is C15H16F2N2. The second kappa shape index (κ2) is 3.56. The molecule has 1 aromatic rings. The van der Waals surface area contributed by atoms with Gasteiger partial charge in [-0.3, -0.25) is 4.99 Å². The molecule has 2 nitrogen and oxygen atoms in total. The molecule has 2 fully saturated rings. The topological polar surface area (TPSA) is 15.6 Å². The summed E-state index contributed by atoms with van der Waals surface area (Å²) in [6.45, 7) is 1.19. The Morgan fingerprint density at radius 1 is 1.21 bits per heavy atom. The zero-order chi connectivity index (χ0) is 13.1. The highest BCUT2D eigenvalue weighted by Gasteiger charge is 2.56. The van der Waals surface area contributed by atoms with Crippen molar-refractivity contribution in [3.8, 4) is 0 Å². The van der Waals surface area contributed by atoms with Crippen LogP contribution in [0.2, 0.25) is 0 Å². The Bertz CT molecular complexity index is 538. The second-order valence-corrected chi connectivity index (χ2v) is 6.03. The first-order valence-electron chi connectivity index (χ1n) is 6.82. The van der Waals surface area contributed by atoms with Crippen molar-refractivity contribution in [3.63, 3.8) is 0 Å². The van der Waals surface area contributed by atoms with E-state index in [1.54, 1.807) is 4.90 Å². The molecule has 3 aliphatic rings. The van der Waals surface area contributed by atoms with Crippen LogP contribution in [0.5, 0.6) is 0 Å². The summed E-state index contributed by atoms with van der Waals surface area (Å²) in [5.74, 6) is -1.92. The number of hydrogen-bond donors (Lipinski definition) is 0. The van der Waals surface area contributed by atoms with Gasteiger partial charge in [-0.1, -0.05) is 12.1 Å². The lowest BCUT2D eigenvalue weighted by Crippen LogP contribution is -2.24. The normalized spacial score (nSPS) is 34.6. The fraction of sp³-hybridized carbons (Fsp3) is 0.533. The molecule has 0 N–H and O–H groups in total. The predicted octanol–water partition coefficient (Wildman–Crippen LogP) is 2.87. The van der Waals surface area contributed by atoms with Gasteiger partial charge < -0.3 is 4.90 Å². The molecule has 2 aliphatic heterocycles. The van der Waals surface area contributed by atoms with E-state index < -0.39 is 5.92 Å². The molecule has 0 aromatic heterocycles. The number of alkyl halides is 2. The van der Waals surface area contributed by atoms with Crippen LogP contribution in [0, 0.1) is 5.92 Å². The molecule has 4 rings (SSSR count). The van der Waals surface area contributed by atoms with Crippen LogP contribution in [-0.2, 0) is 5.41 Å². The Kier molecular flexibility index (Phi) is 2.13. The highest BCUT2D eigenvalue weighted by atomic mass is 19.3. The lowest BCUT2D eigenvalue weighted by molar-refractivity contribution is 0.0257. The Morgan fingerprint density at radius 2 is 2.00 bits per heavy atom. The summed E-state index contributed by atoms with van der Waals surface area (Å²) in [7, 11) is 0. The Balaban J connectivity index is 1.54. The number of hydrogen-bond acceptors (Lipinski definition) is 2. The first-order valence-corrected chi connectivity index (χ1v) is 6.82. The van der Waals surface area contributed by atoms with Crippen molar-refractivity contribution in [2.75, 3.05) is 24.5 Å². The Labute approximate surface area is 111 Å². The molecule has 100 valence electrons. The number of aliphatic imine (C=N–C) groups is 1. The van der Waals surface area contributed by atoms with Gasteiger partial charge in [-0.2, -0.15) is 0 Å². The molecule has 1 aromatic carbocycles. The third-order valence-electron chi connectivity index (χ3n) is 4.77. The molecular weight excluding hydrogens is 246 g/mol. The average Bonchev–Trinajstić information content (AvgIpc) is 2.77. The molecule has 0 spiro atoms. The van der Waals surface area contributed by atoms with E-state index in [4.69, 9.17) is 0 Å². The minimum Gasteiger partial charge on any atom is -0.365 e. The van der Waals surface area contributed by atoms with Crippen LogP contribution in [0.15, 0.2) is 29.3 Å². The molecule has 2 unspecified atom stereocenters. The van der Waals surface area contributed by atoms with Crippen molar-refractivity contribution in [2.24, 2.45) is 10.9 Å². The Hall–Kier alpha value is -1.45. The molecule has 2 heterocycles. The standard InChI is InChI=1S/C15H16F2N2/c16-15(17)5-6-19(10-15)13-3-1-11(2-4-13)14-7-12(14)8-18-9-14/h1-4,8,12H,5-7,9-10H2. The van der Waals surface area contributed by atoms with Gasteiger partial charge in [-0.25, -0.2) is 8.78 Å². The van der Waals surface area contributed by atoms with Gasteiger partial charge in [0.1, 0.15) is 0 Å². The highest BCUT2D eigenvalue weighted by molar-refractivity contribution is 5.73. The van der Waals surface area contributed by atoms with Crippen LogP contribution in [0.4, 0.5) is 14.5 Å². The van der Waals surface area contributed by atoms with Crippen molar-refractivity contribution in [2.45, 2.75) is 24.2 Å². The van der Waals surface area contributed by atoms with Crippen molar-refractivity contribution >= 4 is 11.9 Å². The van der Waals surface area contributed by atoms with Crippen LogP contribution < -0.4 is 4.90 Å². The van der Waals surface area contributed by atoms with Gasteiger partial charge in [0.2, 0.25) is 0 Å². The monoisotopic (exact) mass is 262 g/mol. The summed E-state index contributed by atoms with van der Waals surface area (Å²) in [6, 6.07) is 8.17. The maximum atomic E-state index is 13.2. The third kappa shape index (κ3) is 1.69. The predicted molar refractivity (Wildman–Crippen MR) is 71.4 cm³/mol. The molecule has 1 saturated carbocycles. The van der Waals surface area contributed by atoms with Crippen molar-refractivity contribution < 1.29 is 8.78 Å². The minimum atomic E-state index is -2.53. The summed E-state index contributed by atoms with van der Waals surface area (Å²) < 4.78 is 26.4. The molecule has 0 radical (unpaired) electrons. The van der Waals surface area contributed by atoms with Crippen LogP contribution in [0.25, 0.3) is 0 Å². The van der Waals surface area contributed by atoms with E-state index in [-0.39, 0.29) is 18.4 Å². The maximum Gasteiger partial charge on any atom is 0.266 e. The first-order chi connectivity index (χ1) is 9.09. The Morgan fingerprint density at radius 3 is 2.53 bits per heavy atom. The molecule has 2 atom stereocenters. The second-order valence-electron chi connectivity index (χ2n) is 6.03. The molecule has 19 heavy (non-hydrogen) atoms. The minimum absolute atomic E-state index is 0.0331. The SMILES string of the molecule is FC1(F)CCN(c2ccc(C34CN=CC3C4)cc2)C1.